The second-order valence-corrected chi connectivity index (χ2v) is 1.92. The lowest BCUT2D eigenvalue weighted by Crippen LogP contribution is -2.11. The molecule has 0 amide bonds. The minimum absolute atomic E-state index is 0.121. The number of rotatable bonds is 1. The molecule has 0 aliphatic heterocycles. The standard InChI is InChI=1S/C8H8O/c1-7(9)8-5-3-2-4-6-8/h2-6H,1H3/q-1. The molecule has 0 atom stereocenters. The quantitative estimate of drug-likeness (QED) is 0.541. The molecule has 9 heavy (non-hydrogen) atoms. The lowest BCUT2D eigenvalue weighted by atomic mass is 10.1. The van der Waals surface area contributed by atoms with Crippen molar-refractivity contribution < 1.29 is 5.11 Å². The van der Waals surface area contributed by atoms with Crippen molar-refractivity contribution in [2.75, 3.05) is 0 Å². The van der Waals surface area contributed by atoms with Crippen molar-refractivity contribution in [1.29, 1.82) is 0 Å². The number of benzene rings is 1. The Bertz CT molecular complexity index is 167. The molecule has 0 saturated heterocycles. The molecule has 0 aliphatic carbocycles. The third-order valence-electron chi connectivity index (χ3n) is 1.18. The number of hydrogen-bond acceptors (Lipinski definition) is 1. The van der Waals surface area contributed by atoms with E-state index in [-0.39, 0.29) is 6.10 Å². The lowest BCUT2D eigenvalue weighted by molar-refractivity contribution is -0.339. The molecule has 0 heterocycles. The molecule has 1 heteroatoms. The average molecular weight is 120 g/mol. The maximum Gasteiger partial charge on any atom is -0.0592 e. The van der Waals surface area contributed by atoms with Gasteiger partial charge >= 0.3 is 0 Å². The zero-order valence-corrected chi connectivity index (χ0v) is 5.29. The Kier molecular flexibility index (Phi) is 1.85. The van der Waals surface area contributed by atoms with Gasteiger partial charge in [-0.1, -0.05) is 48.9 Å². The van der Waals surface area contributed by atoms with Gasteiger partial charge in [0.15, 0.2) is 0 Å². The van der Waals surface area contributed by atoms with Gasteiger partial charge in [-0.05, 0) is 0 Å². The molecule has 0 aliphatic rings. The molecule has 1 radical (unpaired) electrons. The van der Waals surface area contributed by atoms with E-state index < -0.39 is 0 Å². The molecule has 0 spiro atoms. The van der Waals surface area contributed by atoms with E-state index in [1.165, 1.54) is 0 Å². The van der Waals surface area contributed by atoms with Gasteiger partial charge in [0.05, 0.1) is 0 Å². The summed E-state index contributed by atoms with van der Waals surface area (Å²) in [4.78, 5) is 0. The normalized spacial score (nSPS) is 10.1. The van der Waals surface area contributed by atoms with E-state index in [2.05, 4.69) is 0 Å². The van der Waals surface area contributed by atoms with Gasteiger partial charge < -0.3 is 5.11 Å². The van der Waals surface area contributed by atoms with E-state index in [1.54, 1.807) is 6.92 Å². The van der Waals surface area contributed by atoms with Crippen molar-refractivity contribution in [3.8, 4) is 0 Å². The fourth-order valence-electron chi connectivity index (χ4n) is 0.673. The van der Waals surface area contributed by atoms with Crippen molar-refractivity contribution >= 4 is 0 Å². The van der Waals surface area contributed by atoms with E-state index in [0.29, 0.717) is 0 Å². The van der Waals surface area contributed by atoms with Crippen LogP contribution in [-0.2, 0) is 0 Å². The molecule has 0 aromatic heterocycles. The van der Waals surface area contributed by atoms with Crippen LogP contribution in [0.15, 0.2) is 30.3 Å². The maximum atomic E-state index is 10.6. The molecular formula is C8H8O-. The molecule has 1 rings (SSSR count). The Morgan fingerprint density at radius 3 is 2.11 bits per heavy atom. The van der Waals surface area contributed by atoms with Crippen molar-refractivity contribution in [2.45, 2.75) is 6.92 Å². The first kappa shape index (κ1) is 6.30. The second-order valence-electron chi connectivity index (χ2n) is 1.92. The van der Waals surface area contributed by atoms with Gasteiger partial charge in [-0.2, -0.15) is 0 Å². The SMILES string of the molecule is C[C]([O-])c1ccccc1. The first-order valence-corrected chi connectivity index (χ1v) is 2.86. The summed E-state index contributed by atoms with van der Waals surface area (Å²) in [6.07, 6.45) is 0.121. The van der Waals surface area contributed by atoms with Gasteiger partial charge in [0.25, 0.3) is 0 Å². The second kappa shape index (κ2) is 2.65. The summed E-state index contributed by atoms with van der Waals surface area (Å²) in [7, 11) is 0. The van der Waals surface area contributed by atoms with E-state index in [1.807, 2.05) is 30.3 Å². The van der Waals surface area contributed by atoms with Gasteiger partial charge in [-0.3, -0.25) is 0 Å². The van der Waals surface area contributed by atoms with Crippen LogP contribution in [0.5, 0.6) is 0 Å². The predicted molar refractivity (Wildman–Crippen MR) is 34.5 cm³/mol. The van der Waals surface area contributed by atoms with Crippen LogP contribution >= 0.6 is 0 Å². The monoisotopic (exact) mass is 120 g/mol. The summed E-state index contributed by atoms with van der Waals surface area (Å²) in [5, 5.41) is 10.6. The summed E-state index contributed by atoms with van der Waals surface area (Å²) < 4.78 is 0. The van der Waals surface area contributed by atoms with Gasteiger partial charge in [-0.15, -0.1) is 0 Å². The van der Waals surface area contributed by atoms with Crippen LogP contribution in [0.25, 0.3) is 0 Å². The van der Waals surface area contributed by atoms with Crippen LogP contribution in [0.1, 0.15) is 12.5 Å². The Balaban J connectivity index is 2.85. The highest BCUT2D eigenvalue weighted by Gasteiger charge is 1.86. The van der Waals surface area contributed by atoms with Crippen LogP contribution in [-0.4, -0.2) is 0 Å². The van der Waals surface area contributed by atoms with Gasteiger partial charge in [0, 0.05) is 0 Å². The van der Waals surface area contributed by atoms with Gasteiger partial charge in [0.1, 0.15) is 0 Å². The van der Waals surface area contributed by atoms with Gasteiger partial charge in [0.2, 0.25) is 0 Å². The van der Waals surface area contributed by atoms with Crippen LogP contribution in [0.2, 0.25) is 0 Å². The fourth-order valence-corrected chi connectivity index (χ4v) is 0.673. The molecule has 1 aromatic carbocycles. The predicted octanol–water partition coefficient (Wildman–Crippen LogP) is 0.947. The largest absolute Gasteiger partial charge is 0.847 e. The molecular weight excluding hydrogens is 112 g/mol. The van der Waals surface area contributed by atoms with Crippen molar-refractivity contribution in [3.05, 3.63) is 42.0 Å². The summed E-state index contributed by atoms with van der Waals surface area (Å²) in [6.45, 7) is 1.56. The zero-order chi connectivity index (χ0) is 6.69. The van der Waals surface area contributed by atoms with Crippen LogP contribution in [0.4, 0.5) is 0 Å². The Morgan fingerprint density at radius 2 is 1.78 bits per heavy atom. The molecule has 0 fully saturated rings. The minimum atomic E-state index is 0.121. The Morgan fingerprint density at radius 1 is 1.22 bits per heavy atom. The maximum absolute atomic E-state index is 10.6. The van der Waals surface area contributed by atoms with Crippen LogP contribution in [0.3, 0.4) is 0 Å². The molecule has 0 bridgehead atoms. The first-order chi connectivity index (χ1) is 4.30. The lowest BCUT2D eigenvalue weighted by Gasteiger charge is -2.14. The van der Waals surface area contributed by atoms with E-state index in [4.69, 9.17) is 0 Å². The van der Waals surface area contributed by atoms with E-state index in [0.717, 1.165) is 5.56 Å². The molecule has 0 saturated carbocycles. The third-order valence-corrected chi connectivity index (χ3v) is 1.18. The Labute approximate surface area is 55.0 Å². The molecule has 0 unspecified atom stereocenters. The highest BCUT2D eigenvalue weighted by atomic mass is 16.3. The van der Waals surface area contributed by atoms with Crippen LogP contribution < -0.4 is 5.11 Å². The summed E-state index contributed by atoms with van der Waals surface area (Å²) in [6, 6.07) is 9.23. The Hall–Kier alpha value is -0.820. The van der Waals surface area contributed by atoms with E-state index in [9.17, 15) is 5.11 Å². The first-order valence-electron chi connectivity index (χ1n) is 2.86. The van der Waals surface area contributed by atoms with Crippen LogP contribution in [0, 0.1) is 6.10 Å². The molecule has 0 N–H and O–H groups in total. The highest BCUT2D eigenvalue weighted by Crippen LogP contribution is 2.05. The van der Waals surface area contributed by atoms with Crippen molar-refractivity contribution in [1.82, 2.24) is 0 Å². The summed E-state index contributed by atoms with van der Waals surface area (Å²) >= 11 is 0. The fraction of sp³-hybridized carbons (Fsp3) is 0.125. The third kappa shape index (κ3) is 1.54. The topological polar surface area (TPSA) is 23.1 Å². The highest BCUT2D eigenvalue weighted by molar-refractivity contribution is 5.23. The smallest absolute Gasteiger partial charge is 0.0592 e. The van der Waals surface area contributed by atoms with Gasteiger partial charge in [-0.25, -0.2) is 0 Å². The van der Waals surface area contributed by atoms with Crippen molar-refractivity contribution in [2.24, 2.45) is 0 Å². The van der Waals surface area contributed by atoms with E-state index >= 15 is 0 Å². The molecule has 47 valence electrons. The average Bonchev–Trinajstić information content (AvgIpc) is 1.90. The summed E-state index contributed by atoms with van der Waals surface area (Å²) in [5.41, 5.74) is 0.775. The minimum Gasteiger partial charge on any atom is -0.847 e. The number of hydrogen-bond donors (Lipinski definition) is 0. The van der Waals surface area contributed by atoms with Crippen molar-refractivity contribution in [3.63, 3.8) is 0 Å². The molecule has 1 nitrogen and oxygen atoms in total. The summed E-state index contributed by atoms with van der Waals surface area (Å²) in [5.74, 6) is 0. The molecule has 1 aromatic rings. The zero-order valence-electron chi connectivity index (χ0n) is 5.29.